The monoisotopic (exact) mass is 202 g/mol. The zero-order valence-electron chi connectivity index (χ0n) is 8.32. The Balaban J connectivity index is 2.34. The molecule has 82 valence electrons. The van der Waals surface area contributed by atoms with Gasteiger partial charge in [-0.15, -0.1) is 0 Å². The topological polar surface area (TPSA) is 75.8 Å². The third-order valence-corrected chi connectivity index (χ3v) is 2.35. The number of rotatable bonds is 4. The maximum atomic E-state index is 10.8. The Kier molecular flexibility index (Phi) is 4.69. The second-order valence-corrected chi connectivity index (χ2v) is 3.44. The van der Waals surface area contributed by atoms with E-state index in [2.05, 4.69) is 0 Å². The average molecular weight is 202 g/mol. The Morgan fingerprint density at radius 2 is 2.36 bits per heavy atom. The number of likely N-dealkylation sites (tertiary alicyclic amines) is 1. The van der Waals surface area contributed by atoms with E-state index in [1.807, 2.05) is 0 Å². The first-order valence-corrected chi connectivity index (χ1v) is 5.07. The average Bonchev–Trinajstić information content (AvgIpc) is 2.19. The highest BCUT2D eigenvalue weighted by Crippen LogP contribution is 2.17. The van der Waals surface area contributed by atoms with Crippen molar-refractivity contribution in [1.29, 1.82) is 0 Å². The molecule has 1 saturated heterocycles. The second kappa shape index (κ2) is 5.82. The summed E-state index contributed by atoms with van der Waals surface area (Å²) < 4.78 is 5.46. The Morgan fingerprint density at radius 3 is 3.00 bits per heavy atom. The van der Waals surface area contributed by atoms with E-state index in [-0.39, 0.29) is 6.23 Å². The molecule has 14 heavy (non-hydrogen) atoms. The van der Waals surface area contributed by atoms with Gasteiger partial charge in [0.15, 0.2) is 0 Å². The molecule has 1 fully saturated rings. The number of nitrogens with zero attached hydrogens (tertiary/aromatic N) is 1. The molecule has 0 spiro atoms. The van der Waals surface area contributed by atoms with Crippen LogP contribution in [0.1, 0.15) is 25.7 Å². The van der Waals surface area contributed by atoms with E-state index in [0.29, 0.717) is 19.7 Å². The third-order valence-electron chi connectivity index (χ3n) is 2.35. The van der Waals surface area contributed by atoms with Crippen molar-refractivity contribution in [2.75, 3.05) is 19.7 Å². The van der Waals surface area contributed by atoms with Gasteiger partial charge in [0.25, 0.3) is 0 Å². The standard InChI is InChI=1S/C9H18N2O3/c10-5-3-7-14-8-4-1-2-6-11(8)9(12)13/h8H,1-7,10H2,(H,12,13). The SMILES string of the molecule is NCCCOC1CCCCN1C(=O)O. The molecule has 0 saturated carbocycles. The lowest BCUT2D eigenvalue weighted by Gasteiger charge is -2.33. The smallest absolute Gasteiger partial charge is 0.409 e. The van der Waals surface area contributed by atoms with Crippen LogP contribution in [0.5, 0.6) is 0 Å². The molecule has 5 nitrogen and oxygen atoms in total. The van der Waals surface area contributed by atoms with Crippen molar-refractivity contribution < 1.29 is 14.6 Å². The van der Waals surface area contributed by atoms with Gasteiger partial charge in [0.1, 0.15) is 6.23 Å². The summed E-state index contributed by atoms with van der Waals surface area (Å²) in [6.07, 6.45) is 2.41. The summed E-state index contributed by atoms with van der Waals surface area (Å²) in [5.74, 6) is 0. The molecular weight excluding hydrogens is 184 g/mol. The predicted octanol–water partition coefficient (Wildman–Crippen LogP) is 0.842. The molecule has 0 bridgehead atoms. The van der Waals surface area contributed by atoms with Crippen LogP contribution < -0.4 is 5.73 Å². The number of ether oxygens (including phenoxy) is 1. The number of nitrogens with two attached hydrogens (primary N) is 1. The van der Waals surface area contributed by atoms with Crippen LogP contribution >= 0.6 is 0 Å². The van der Waals surface area contributed by atoms with Crippen LogP contribution in [0.2, 0.25) is 0 Å². The minimum Gasteiger partial charge on any atom is -0.465 e. The van der Waals surface area contributed by atoms with Gasteiger partial charge in [0.2, 0.25) is 0 Å². The predicted molar refractivity (Wildman–Crippen MR) is 52.0 cm³/mol. The summed E-state index contributed by atoms with van der Waals surface area (Å²) in [6, 6.07) is 0. The van der Waals surface area contributed by atoms with Crippen molar-refractivity contribution in [3.8, 4) is 0 Å². The second-order valence-electron chi connectivity index (χ2n) is 3.44. The molecule has 0 radical (unpaired) electrons. The first kappa shape index (κ1) is 11.3. The largest absolute Gasteiger partial charge is 0.465 e. The number of piperidine rings is 1. The summed E-state index contributed by atoms with van der Waals surface area (Å²) >= 11 is 0. The van der Waals surface area contributed by atoms with Crippen molar-refractivity contribution >= 4 is 6.09 Å². The van der Waals surface area contributed by atoms with E-state index in [9.17, 15) is 4.79 Å². The molecule has 1 aliphatic heterocycles. The number of amides is 1. The summed E-state index contributed by atoms with van der Waals surface area (Å²) in [4.78, 5) is 12.2. The van der Waals surface area contributed by atoms with E-state index >= 15 is 0 Å². The van der Waals surface area contributed by atoms with Gasteiger partial charge in [-0.05, 0) is 32.2 Å². The summed E-state index contributed by atoms with van der Waals surface area (Å²) in [7, 11) is 0. The quantitative estimate of drug-likeness (QED) is 0.662. The van der Waals surface area contributed by atoms with Crippen molar-refractivity contribution in [1.82, 2.24) is 4.90 Å². The van der Waals surface area contributed by atoms with Gasteiger partial charge in [-0.25, -0.2) is 4.79 Å². The Morgan fingerprint density at radius 1 is 1.57 bits per heavy atom. The molecule has 0 aromatic carbocycles. The van der Waals surface area contributed by atoms with Gasteiger partial charge in [-0.2, -0.15) is 0 Å². The number of carbonyl (C=O) groups is 1. The van der Waals surface area contributed by atoms with Gasteiger partial charge in [0, 0.05) is 6.54 Å². The van der Waals surface area contributed by atoms with Gasteiger partial charge < -0.3 is 15.6 Å². The van der Waals surface area contributed by atoms with E-state index in [0.717, 1.165) is 25.7 Å². The normalized spacial score (nSPS) is 22.4. The van der Waals surface area contributed by atoms with Crippen LogP contribution in [-0.4, -0.2) is 42.0 Å². The Bertz CT molecular complexity index is 187. The molecule has 1 atom stereocenters. The van der Waals surface area contributed by atoms with Crippen LogP contribution in [0.15, 0.2) is 0 Å². The number of hydrogen-bond donors (Lipinski definition) is 2. The maximum absolute atomic E-state index is 10.8. The lowest BCUT2D eigenvalue weighted by molar-refractivity contribution is -0.0663. The molecule has 0 aromatic heterocycles. The highest BCUT2D eigenvalue weighted by Gasteiger charge is 2.26. The zero-order valence-corrected chi connectivity index (χ0v) is 8.32. The van der Waals surface area contributed by atoms with Crippen molar-refractivity contribution in [2.24, 2.45) is 5.73 Å². The highest BCUT2D eigenvalue weighted by atomic mass is 16.5. The molecule has 1 heterocycles. The summed E-state index contributed by atoms with van der Waals surface area (Å²) in [5.41, 5.74) is 5.33. The molecule has 1 amide bonds. The summed E-state index contributed by atoms with van der Waals surface area (Å²) in [5, 5.41) is 8.89. The van der Waals surface area contributed by atoms with Crippen LogP contribution in [0.25, 0.3) is 0 Å². The Labute approximate surface area is 83.8 Å². The molecular formula is C9H18N2O3. The van der Waals surface area contributed by atoms with Gasteiger partial charge >= 0.3 is 6.09 Å². The molecule has 1 unspecified atom stereocenters. The zero-order chi connectivity index (χ0) is 10.4. The minimum absolute atomic E-state index is 0.257. The molecule has 0 aromatic rings. The molecule has 1 rings (SSSR count). The fourth-order valence-corrected chi connectivity index (χ4v) is 1.60. The third kappa shape index (κ3) is 3.16. The molecule has 0 aliphatic carbocycles. The van der Waals surface area contributed by atoms with Gasteiger partial charge in [0.05, 0.1) is 6.61 Å². The molecule has 5 heteroatoms. The van der Waals surface area contributed by atoms with Crippen LogP contribution in [-0.2, 0) is 4.74 Å². The number of carboxylic acid groups (broad SMARTS) is 1. The fraction of sp³-hybridized carbons (Fsp3) is 0.889. The first-order chi connectivity index (χ1) is 6.75. The highest BCUT2D eigenvalue weighted by molar-refractivity contribution is 5.65. The summed E-state index contributed by atoms with van der Waals surface area (Å²) in [6.45, 7) is 1.72. The van der Waals surface area contributed by atoms with Crippen molar-refractivity contribution in [3.63, 3.8) is 0 Å². The molecule has 3 N–H and O–H groups in total. The first-order valence-electron chi connectivity index (χ1n) is 5.07. The van der Waals surface area contributed by atoms with Crippen LogP contribution in [0.3, 0.4) is 0 Å². The van der Waals surface area contributed by atoms with Crippen molar-refractivity contribution in [3.05, 3.63) is 0 Å². The fourth-order valence-electron chi connectivity index (χ4n) is 1.60. The lowest BCUT2D eigenvalue weighted by atomic mass is 10.1. The van der Waals surface area contributed by atoms with Crippen LogP contribution in [0, 0.1) is 0 Å². The van der Waals surface area contributed by atoms with Gasteiger partial charge in [-0.3, -0.25) is 4.90 Å². The van der Waals surface area contributed by atoms with Crippen molar-refractivity contribution in [2.45, 2.75) is 31.9 Å². The Hall–Kier alpha value is -0.810. The minimum atomic E-state index is -0.887. The molecule has 1 aliphatic rings. The van der Waals surface area contributed by atoms with E-state index < -0.39 is 6.09 Å². The van der Waals surface area contributed by atoms with E-state index in [1.165, 1.54) is 4.90 Å². The van der Waals surface area contributed by atoms with E-state index in [4.69, 9.17) is 15.6 Å². The van der Waals surface area contributed by atoms with Gasteiger partial charge in [-0.1, -0.05) is 0 Å². The van der Waals surface area contributed by atoms with Crippen LogP contribution in [0.4, 0.5) is 4.79 Å². The van der Waals surface area contributed by atoms with E-state index in [1.54, 1.807) is 0 Å². The maximum Gasteiger partial charge on any atom is 0.409 e. The number of hydrogen-bond acceptors (Lipinski definition) is 3. The lowest BCUT2D eigenvalue weighted by Crippen LogP contribution is -2.44.